The van der Waals surface area contributed by atoms with Gasteiger partial charge in [0.05, 0.1) is 4.90 Å². The zero-order valence-corrected chi connectivity index (χ0v) is 13.4. The van der Waals surface area contributed by atoms with E-state index in [1.807, 2.05) is 6.92 Å². The van der Waals surface area contributed by atoms with Gasteiger partial charge in [-0.2, -0.15) is 4.31 Å². The summed E-state index contributed by atoms with van der Waals surface area (Å²) in [6.07, 6.45) is 2.64. The van der Waals surface area contributed by atoms with Crippen molar-refractivity contribution in [1.82, 2.24) is 9.62 Å². The molecule has 0 saturated carbocycles. The van der Waals surface area contributed by atoms with Crippen LogP contribution < -0.4 is 5.32 Å². The third-order valence-electron chi connectivity index (χ3n) is 3.67. The molecule has 1 aromatic rings. The molecule has 5 nitrogen and oxygen atoms in total. The van der Waals surface area contributed by atoms with Gasteiger partial charge in [0.15, 0.2) is 0 Å². The Labute approximate surface area is 126 Å². The molecule has 0 atom stereocenters. The van der Waals surface area contributed by atoms with Gasteiger partial charge >= 0.3 is 0 Å². The Morgan fingerprint density at radius 2 is 1.95 bits per heavy atom. The number of benzene rings is 1. The van der Waals surface area contributed by atoms with Crippen molar-refractivity contribution < 1.29 is 13.2 Å². The summed E-state index contributed by atoms with van der Waals surface area (Å²) in [5.74, 6) is -0.227. The molecular weight excluding hydrogens is 288 g/mol. The first-order valence-electron chi connectivity index (χ1n) is 7.36. The highest BCUT2D eigenvalue weighted by Gasteiger charge is 2.29. The summed E-state index contributed by atoms with van der Waals surface area (Å²) in [4.78, 5) is 12.2. The van der Waals surface area contributed by atoms with Crippen LogP contribution in [0.3, 0.4) is 0 Å². The average Bonchev–Trinajstić information content (AvgIpc) is 3.00. The number of amides is 1. The second-order valence-electron chi connectivity index (χ2n) is 5.35. The summed E-state index contributed by atoms with van der Waals surface area (Å²) in [5.41, 5.74) is 1.07. The molecule has 1 aliphatic rings. The van der Waals surface area contributed by atoms with Gasteiger partial charge in [0.25, 0.3) is 5.91 Å². The number of hydrogen-bond acceptors (Lipinski definition) is 3. The summed E-state index contributed by atoms with van der Waals surface area (Å²) in [6, 6.07) is 4.86. The van der Waals surface area contributed by atoms with Crippen molar-refractivity contribution >= 4 is 15.9 Å². The van der Waals surface area contributed by atoms with E-state index in [0.717, 1.165) is 19.3 Å². The van der Waals surface area contributed by atoms with Gasteiger partial charge < -0.3 is 5.32 Å². The standard InChI is InChI=1S/C15H22N2O3S/c1-3-8-16-15(18)13-7-6-12(2)14(11-13)21(19,20)17-9-4-5-10-17/h6-7,11H,3-5,8-10H2,1-2H3,(H,16,18). The van der Waals surface area contributed by atoms with Gasteiger partial charge in [0.2, 0.25) is 10.0 Å². The number of nitrogens with one attached hydrogen (secondary N) is 1. The number of rotatable bonds is 5. The summed E-state index contributed by atoms with van der Waals surface area (Å²) < 4.78 is 26.8. The van der Waals surface area contributed by atoms with E-state index in [2.05, 4.69) is 5.32 Å². The Bertz CT molecular complexity index is 620. The highest BCUT2D eigenvalue weighted by atomic mass is 32.2. The van der Waals surface area contributed by atoms with E-state index in [9.17, 15) is 13.2 Å². The molecule has 116 valence electrons. The maximum Gasteiger partial charge on any atom is 0.251 e. The smallest absolute Gasteiger partial charge is 0.251 e. The first-order valence-corrected chi connectivity index (χ1v) is 8.80. The van der Waals surface area contributed by atoms with Crippen LogP contribution >= 0.6 is 0 Å². The van der Waals surface area contributed by atoms with E-state index in [-0.39, 0.29) is 10.8 Å². The van der Waals surface area contributed by atoms with Crippen molar-refractivity contribution in [1.29, 1.82) is 0 Å². The molecule has 1 N–H and O–H groups in total. The summed E-state index contributed by atoms with van der Waals surface area (Å²) in [6.45, 7) is 5.44. The molecule has 21 heavy (non-hydrogen) atoms. The van der Waals surface area contributed by atoms with Crippen LogP contribution in [-0.2, 0) is 10.0 Å². The molecule has 0 unspecified atom stereocenters. The Morgan fingerprint density at radius 1 is 1.29 bits per heavy atom. The fourth-order valence-corrected chi connectivity index (χ4v) is 4.20. The zero-order valence-electron chi connectivity index (χ0n) is 12.6. The lowest BCUT2D eigenvalue weighted by Crippen LogP contribution is -2.29. The van der Waals surface area contributed by atoms with E-state index in [4.69, 9.17) is 0 Å². The van der Waals surface area contributed by atoms with Crippen molar-refractivity contribution in [2.24, 2.45) is 0 Å². The molecule has 0 bridgehead atoms. The van der Waals surface area contributed by atoms with Crippen LogP contribution in [0.25, 0.3) is 0 Å². The third kappa shape index (κ3) is 3.44. The van der Waals surface area contributed by atoms with E-state index >= 15 is 0 Å². The molecule has 0 radical (unpaired) electrons. The molecular formula is C15H22N2O3S. The maximum absolute atomic E-state index is 12.6. The molecule has 1 aromatic carbocycles. The van der Waals surface area contributed by atoms with Gasteiger partial charge in [0, 0.05) is 25.2 Å². The minimum Gasteiger partial charge on any atom is -0.352 e. The fraction of sp³-hybridized carbons (Fsp3) is 0.533. The van der Waals surface area contributed by atoms with Gasteiger partial charge in [-0.05, 0) is 43.9 Å². The summed E-state index contributed by atoms with van der Waals surface area (Å²) in [7, 11) is -3.49. The van der Waals surface area contributed by atoms with Crippen LogP contribution in [0.15, 0.2) is 23.1 Å². The number of carbonyl (C=O) groups is 1. The molecule has 0 aromatic heterocycles. The molecule has 1 amide bonds. The summed E-state index contributed by atoms with van der Waals surface area (Å²) in [5, 5.41) is 2.77. The van der Waals surface area contributed by atoms with E-state index in [1.165, 1.54) is 10.4 Å². The normalized spacial score (nSPS) is 16.1. The lowest BCUT2D eigenvalue weighted by molar-refractivity contribution is 0.0953. The number of nitrogens with zero attached hydrogens (tertiary/aromatic N) is 1. The highest BCUT2D eigenvalue weighted by molar-refractivity contribution is 7.89. The number of carbonyl (C=O) groups excluding carboxylic acids is 1. The predicted octanol–water partition coefficient (Wildman–Crippen LogP) is 1.92. The number of hydrogen-bond donors (Lipinski definition) is 1. The average molecular weight is 310 g/mol. The van der Waals surface area contributed by atoms with Gasteiger partial charge in [-0.25, -0.2) is 8.42 Å². The molecule has 1 saturated heterocycles. The van der Waals surface area contributed by atoms with Crippen LogP contribution in [0.4, 0.5) is 0 Å². The number of sulfonamides is 1. The van der Waals surface area contributed by atoms with Gasteiger partial charge in [-0.3, -0.25) is 4.79 Å². The van der Waals surface area contributed by atoms with Crippen molar-refractivity contribution in [2.75, 3.05) is 19.6 Å². The first kappa shape index (κ1) is 16.0. The Morgan fingerprint density at radius 3 is 2.57 bits per heavy atom. The van der Waals surface area contributed by atoms with E-state index in [1.54, 1.807) is 19.1 Å². The number of aryl methyl sites for hydroxylation is 1. The monoisotopic (exact) mass is 310 g/mol. The van der Waals surface area contributed by atoms with Crippen LogP contribution in [-0.4, -0.2) is 38.3 Å². The second kappa shape index (κ2) is 6.58. The molecule has 1 heterocycles. The first-order chi connectivity index (χ1) is 9.96. The Kier molecular flexibility index (Phi) is 5.00. The topological polar surface area (TPSA) is 66.5 Å². The molecule has 1 fully saturated rings. The van der Waals surface area contributed by atoms with Crippen LogP contribution in [0.2, 0.25) is 0 Å². The van der Waals surface area contributed by atoms with Crippen LogP contribution in [0.5, 0.6) is 0 Å². The minimum atomic E-state index is -3.49. The Hall–Kier alpha value is -1.40. The second-order valence-corrected chi connectivity index (χ2v) is 7.25. The molecule has 2 rings (SSSR count). The van der Waals surface area contributed by atoms with Gasteiger partial charge in [-0.1, -0.05) is 13.0 Å². The lowest BCUT2D eigenvalue weighted by Gasteiger charge is -2.17. The largest absolute Gasteiger partial charge is 0.352 e. The minimum absolute atomic E-state index is 0.227. The van der Waals surface area contributed by atoms with Crippen LogP contribution in [0, 0.1) is 6.92 Å². The zero-order chi connectivity index (χ0) is 15.5. The maximum atomic E-state index is 12.6. The third-order valence-corrected chi connectivity index (χ3v) is 5.71. The fourth-order valence-electron chi connectivity index (χ4n) is 2.43. The summed E-state index contributed by atoms with van der Waals surface area (Å²) >= 11 is 0. The lowest BCUT2D eigenvalue weighted by atomic mass is 10.1. The van der Waals surface area contributed by atoms with Crippen LogP contribution in [0.1, 0.15) is 42.1 Å². The predicted molar refractivity (Wildman–Crippen MR) is 81.8 cm³/mol. The van der Waals surface area contributed by atoms with Crippen molar-refractivity contribution in [2.45, 2.75) is 38.0 Å². The van der Waals surface area contributed by atoms with Crippen molar-refractivity contribution in [3.63, 3.8) is 0 Å². The molecule has 1 aliphatic heterocycles. The molecule has 0 spiro atoms. The Balaban J connectivity index is 2.33. The van der Waals surface area contributed by atoms with E-state index in [0.29, 0.717) is 30.8 Å². The molecule has 0 aliphatic carbocycles. The molecule has 6 heteroatoms. The van der Waals surface area contributed by atoms with Crippen molar-refractivity contribution in [3.8, 4) is 0 Å². The highest BCUT2D eigenvalue weighted by Crippen LogP contribution is 2.24. The van der Waals surface area contributed by atoms with E-state index < -0.39 is 10.0 Å². The van der Waals surface area contributed by atoms with Gasteiger partial charge in [0.1, 0.15) is 0 Å². The quantitative estimate of drug-likeness (QED) is 0.903. The van der Waals surface area contributed by atoms with Crippen molar-refractivity contribution in [3.05, 3.63) is 29.3 Å². The van der Waals surface area contributed by atoms with Gasteiger partial charge in [-0.15, -0.1) is 0 Å². The SMILES string of the molecule is CCCNC(=O)c1ccc(C)c(S(=O)(=O)N2CCCC2)c1.